The molecule has 0 saturated carbocycles. The molecule has 2 aliphatic heterocycles. The molecule has 1 saturated heterocycles. The Morgan fingerprint density at radius 3 is 2.47 bits per heavy atom. The monoisotopic (exact) mass is 516 g/mol. The van der Waals surface area contributed by atoms with Crippen molar-refractivity contribution < 1.29 is 27.7 Å². The maximum absolute atomic E-state index is 11.8. The van der Waals surface area contributed by atoms with Gasteiger partial charge in [-0.25, -0.2) is 4.79 Å². The van der Waals surface area contributed by atoms with Gasteiger partial charge in [0.2, 0.25) is 5.91 Å². The molecule has 0 aliphatic carbocycles. The highest BCUT2D eigenvalue weighted by Gasteiger charge is 2.51. The van der Waals surface area contributed by atoms with E-state index in [9.17, 15) is 23.1 Å². The number of carboxylic acid groups (broad SMARTS) is 1. The Balaban J connectivity index is 0.000000222. The van der Waals surface area contributed by atoms with Crippen molar-refractivity contribution in [2.24, 2.45) is 5.73 Å². The number of aryl methyl sites for hydroxylation is 2. The number of amides is 1. The molecule has 0 bridgehead atoms. The predicted molar refractivity (Wildman–Crippen MR) is 122 cm³/mol. The summed E-state index contributed by atoms with van der Waals surface area (Å²) < 4.78 is 30.3. The number of aromatic nitrogens is 2. The molecule has 4 N–H and O–H groups in total. The summed E-state index contributed by atoms with van der Waals surface area (Å²) in [6.45, 7) is 3.71. The van der Waals surface area contributed by atoms with Gasteiger partial charge in [-0.1, -0.05) is 40.8 Å². The Hall–Kier alpha value is -1.97. The highest BCUT2D eigenvalue weighted by atomic mass is 32.2. The number of rotatable bonds is 5. The Bertz CT molecular complexity index is 1160. The number of benzene rings is 1. The van der Waals surface area contributed by atoms with Crippen LogP contribution in [-0.4, -0.2) is 68.0 Å². The summed E-state index contributed by atoms with van der Waals surface area (Å²) in [5.41, 5.74) is 7.47. The van der Waals surface area contributed by atoms with Crippen LogP contribution < -0.4 is 5.73 Å². The van der Waals surface area contributed by atoms with Crippen LogP contribution in [-0.2, 0) is 19.7 Å². The van der Waals surface area contributed by atoms with Gasteiger partial charge in [-0.15, -0.1) is 22.0 Å². The van der Waals surface area contributed by atoms with E-state index in [-0.39, 0.29) is 21.9 Å². The van der Waals surface area contributed by atoms with E-state index in [4.69, 9.17) is 10.3 Å². The average molecular weight is 517 g/mol. The first kappa shape index (κ1) is 24.7. The number of hydrogen-bond donors (Lipinski definition) is 3. The number of hydrogen-bond acceptors (Lipinski definition) is 10. The molecule has 1 amide bonds. The average Bonchev–Trinajstić information content (AvgIpc) is 3.16. The van der Waals surface area contributed by atoms with Gasteiger partial charge in [0.05, 0.1) is 4.90 Å². The lowest BCUT2D eigenvalue weighted by atomic mass is 10.0. The lowest BCUT2D eigenvalue weighted by Gasteiger charge is -2.48. The number of thioether (sulfide) groups is 2. The first-order valence-corrected chi connectivity index (χ1v) is 13.4. The standard InChI is InChI=1S/C11H12N4O3S3.C7H8O3S/c1-4-13-14-11(21-4)20-3-5-2-19-9-6(12)8(16)15(9)7(5)10(17)18;1-6-2-4-7(5-3-6)11(8,9)10/h6,9H,2-3,12H2,1H3,(H,17,18);2-5H,1H3,(H,8,9,10)/t6-,9-;/m1./s1. The lowest BCUT2D eigenvalue weighted by Crippen LogP contribution is -2.68. The summed E-state index contributed by atoms with van der Waals surface area (Å²) in [5.74, 6) is -0.354. The minimum absolute atomic E-state index is 0.0666. The molecule has 3 heterocycles. The van der Waals surface area contributed by atoms with Crippen LogP contribution in [0.4, 0.5) is 0 Å². The van der Waals surface area contributed by atoms with Crippen molar-refractivity contribution in [3.05, 3.63) is 46.1 Å². The lowest BCUT2D eigenvalue weighted by molar-refractivity contribution is -0.147. The maximum Gasteiger partial charge on any atom is 0.352 e. The number of carboxylic acids is 1. The van der Waals surface area contributed by atoms with Crippen molar-refractivity contribution in [1.29, 1.82) is 0 Å². The smallest absolute Gasteiger partial charge is 0.352 e. The highest BCUT2D eigenvalue weighted by Crippen LogP contribution is 2.40. The third kappa shape index (κ3) is 5.50. The SMILES string of the molecule is Cc1ccc(S(=O)(=O)O)cc1.Cc1nnc(SCC2=C(C(=O)O)N3C(=O)[C@@H](N)[C@H]3SC2)s1. The topological polar surface area (TPSA) is 164 Å². The Morgan fingerprint density at radius 2 is 1.94 bits per heavy atom. The van der Waals surface area contributed by atoms with Gasteiger partial charge in [-0.2, -0.15) is 8.42 Å². The van der Waals surface area contributed by atoms with E-state index < -0.39 is 22.1 Å². The summed E-state index contributed by atoms with van der Waals surface area (Å²) in [6.07, 6.45) is 0. The van der Waals surface area contributed by atoms with Crippen LogP contribution in [0.2, 0.25) is 0 Å². The fourth-order valence-corrected chi connectivity index (χ4v) is 6.61. The Labute approximate surface area is 197 Å². The summed E-state index contributed by atoms with van der Waals surface area (Å²) in [4.78, 5) is 24.5. The zero-order valence-corrected chi connectivity index (χ0v) is 20.2. The van der Waals surface area contributed by atoms with Crippen LogP contribution in [0.1, 0.15) is 10.6 Å². The number of nitrogens with zero attached hydrogens (tertiary/aromatic N) is 3. The minimum atomic E-state index is -4.02. The molecule has 0 spiro atoms. The molecule has 4 rings (SSSR count). The third-order valence-corrected chi connectivity index (χ3v) is 8.77. The van der Waals surface area contributed by atoms with E-state index >= 15 is 0 Å². The normalized spacial score (nSPS) is 20.2. The van der Waals surface area contributed by atoms with Crippen molar-refractivity contribution in [3.63, 3.8) is 0 Å². The zero-order chi connectivity index (χ0) is 23.6. The molecule has 2 aliphatic rings. The Kier molecular flexibility index (Phi) is 7.62. The molecule has 10 nitrogen and oxygen atoms in total. The fraction of sp³-hybridized carbons (Fsp3) is 0.333. The number of carbonyl (C=O) groups is 2. The molecule has 1 fully saturated rings. The summed E-state index contributed by atoms with van der Waals surface area (Å²) in [5, 5.41) is 17.9. The molecule has 0 unspecified atom stereocenters. The van der Waals surface area contributed by atoms with Crippen molar-refractivity contribution >= 4 is 56.9 Å². The fourth-order valence-electron chi connectivity index (χ4n) is 2.89. The minimum Gasteiger partial charge on any atom is -0.477 e. The van der Waals surface area contributed by atoms with Gasteiger partial charge in [0.25, 0.3) is 10.1 Å². The molecule has 2 atom stereocenters. The van der Waals surface area contributed by atoms with Gasteiger partial charge in [-0.05, 0) is 31.6 Å². The van der Waals surface area contributed by atoms with Crippen molar-refractivity contribution in [2.75, 3.05) is 11.5 Å². The molecule has 0 radical (unpaired) electrons. The quantitative estimate of drug-likeness (QED) is 0.301. The molecule has 1 aromatic heterocycles. The van der Waals surface area contributed by atoms with E-state index in [0.29, 0.717) is 11.5 Å². The second-order valence-corrected chi connectivity index (χ2v) is 11.8. The van der Waals surface area contributed by atoms with Crippen LogP contribution in [0.15, 0.2) is 44.8 Å². The van der Waals surface area contributed by atoms with E-state index in [0.717, 1.165) is 20.5 Å². The van der Waals surface area contributed by atoms with E-state index in [1.165, 1.54) is 51.9 Å². The van der Waals surface area contributed by atoms with Crippen LogP contribution in [0.25, 0.3) is 0 Å². The number of nitrogens with two attached hydrogens (primary N) is 1. The molecule has 172 valence electrons. The van der Waals surface area contributed by atoms with Gasteiger partial charge >= 0.3 is 5.97 Å². The van der Waals surface area contributed by atoms with Gasteiger partial charge in [0.15, 0.2) is 4.34 Å². The molecule has 14 heteroatoms. The van der Waals surface area contributed by atoms with Crippen molar-refractivity contribution in [1.82, 2.24) is 15.1 Å². The first-order valence-electron chi connectivity index (χ1n) is 9.11. The van der Waals surface area contributed by atoms with Crippen LogP contribution in [0.5, 0.6) is 0 Å². The first-order chi connectivity index (χ1) is 15.0. The van der Waals surface area contributed by atoms with Crippen LogP contribution >= 0.6 is 34.9 Å². The number of carbonyl (C=O) groups excluding carboxylic acids is 1. The number of fused-ring (bicyclic) bond motifs is 1. The second-order valence-electron chi connectivity index (χ2n) is 6.86. The number of β-lactam (4-membered cyclic amide) rings is 1. The highest BCUT2D eigenvalue weighted by molar-refractivity contribution is 8.01. The van der Waals surface area contributed by atoms with Gasteiger partial charge in [0.1, 0.15) is 22.1 Å². The summed E-state index contributed by atoms with van der Waals surface area (Å²) in [6, 6.07) is 5.39. The predicted octanol–water partition coefficient (Wildman–Crippen LogP) is 1.76. The van der Waals surface area contributed by atoms with E-state index in [1.807, 2.05) is 13.8 Å². The van der Waals surface area contributed by atoms with Crippen molar-refractivity contribution in [2.45, 2.75) is 34.5 Å². The molecular formula is C18H20N4O6S4. The maximum atomic E-state index is 11.8. The zero-order valence-electron chi connectivity index (χ0n) is 17.0. The van der Waals surface area contributed by atoms with Gasteiger partial charge in [-0.3, -0.25) is 14.2 Å². The third-order valence-electron chi connectivity index (χ3n) is 4.49. The largest absolute Gasteiger partial charge is 0.477 e. The molecule has 1 aromatic carbocycles. The molecule has 32 heavy (non-hydrogen) atoms. The summed E-state index contributed by atoms with van der Waals surface area (Å²) >= 11 is 4.41. The van der Waals surface area contributed by atoms with Gasteiger partial charge < -0.3 is 10.8 Å². The number of aliphatic carboxylic acids is 1. The summed E-state index contributed by atoms with van der Waals surface area (Å²) in [7, 11) is -4.02. The molecular weight excluding hydrogens is 496 g/mol. The van der Waals surface area contributed by atoms with Gasteiger partial charge in [0, 0.05) is 11.5 Å². The van der Waals surface area contributed by atoms with Crippen LogP contribution in [0, 0.1) is 13.8 Å². The Morgan fingerprint density at radius 1 is 1.28 bits per heavy atom. The van der Waals surface area contributed by atoms with E-state index in [1.54, 1.807) is 12.1 Å². The second kappa shape index (κ2) is 9.89. The van der Waals surface area contributed by atoms with Crippen molar-refractivity contribution in [3.8, 4) is 0 Å². The van der Waals surface area contributed by atoms with E-state index in [2.05, 4.69) is 10.2 Å². The molecule has 2 aromatic rings. The van der Waals surface area contributed by atoms with Crippen LogP contribution in [0.3, 0.4) is 0 Å².